The Labute approximate surface area is 191 Å². The predicted octanol–water partition coefficient (Wildman–Crippen LogP) is 7.47. The monoisotopic (exact) mass is 430 g/mol. The normalized spacial score (nSPS) is 13.9. The van der Waals surface area contributed by atoms with Gasteiger partial charge < -0.3 is 0 Å². The van der Waals surface area contributed by atoms with Gasteiger partial charge in [-0.3, -0.25) is 0 Å². The van der Waals surface area contributed by atoms with E-state index in [1.54, 1.807) is 0 Å². The smallest absolute Gasteiger partial charge is 0.00223 e. The second-order valence-corrected chi connectivity index (χ2v) is 12.5. The van der Waals surface area contributed by atoms with Crippen molar-refractivity contribution >= 4 is 34.2 Å². The Morgan fingerprint density at radius 1 is 0.469 bits per heavy atom. The Bertz CT molecular complexity index is 1340. The van der Waals surface area contributed by atoms with E-state index in [-0.39, 0.29) is 0 Å². The summed E-state index contributed by atoms with van der Waals surface area (Å²) in [6.45, 7) is 3.27. The Kier molecular flexibility index (Phi) is 5.56. The summed E-state index contributed by atoms with van der Waals surface area (Å²) in [5.41, 5.74) is 7.87. The third-order valence-electron chi connectivity index (χ3n) is 6.24. The van der Waals surface area contributed by atoms with Crippen LogP contribution >= 0.6 is 6.89 Å². The van der Waals surface area contributed by atoms with Crippen LogP contribution in [0.1, 0.15) is 16.7 Å². The Morgan fingerprint density at radius 3 is 1.44 bits per heavy atom. The van der Waals surface area contributed by atoms with Crippen molar-refractivity contribution < 1.29 is 0 Å². The lowest BCUT2D eigenvalue weighted by Gasteiger charge is -2.26. The van der Waals surface area contributed by atoms with Gasteiger partial charge in [0.05, 0.1) is 0 Å². The van der Waals surface area contributed by atoms with E-state index in [0.29, 0.717) is 0 Å². The molecule has 1 aliphatic carbocycles. The van der Waals surface area contributed by atoms with Crippen molar-refractivity contribution in [2.75, 3.05) is 13.3 Å². The van der Waals surface area contributed by atoms with Crippen molar-refractivity contribution in [3.8, 4) is 0 Å². The molecule has 0 nitrogen and oxygen atoms in total. The van der Waals surface area contributed by atoms with Gasteiger partial charge in [-0.1, -0.05) is 128 Å². The zero-order valence-electron chi connectivity index (χ0n) is 18.6. The van der Waals surface area contributed by atoms with Gasteiger partial charge in [0.1, 0.15) is 0 Å². The maximum Gasteiger partial charge on any atom is -0.00223 e. The van der Waals surface area contributed by atoms with Crippen molar-refractivity contribution in [2.24, 2.45) is 0 Å². The quantitative estimate of drug-likeness (QED) is 0.295. The maximum atomic E-state index is 2.46. The summed E-state index contributed by atoms with van der Waals surface area (Å²) in [6.07, 6.45) is 2.42. The molecule has 0 bridgehead atoms. The van der Waals surface area contributed by atoms with Gasteiger partial charge in [0.15, 0.2) is 0 Å². The van der Waals surface area contributed by atoms with Gasteiger partial charge in [0.25, 0.3) is 0 Å². The molecule has 0 spiro atoms. The van der Waals surface area contributed by atoms with Gasteiger partial charge >= 0.3 is 0 Å². The molecular formula is C31H27P. The van der Waals surface area contributed by atoms with Gasteiger partial charge in [-0.05, 0) is 63.4 Å². The highest BCUT2D eigenvalue weighted by atomic mass is 31.2. The molecule has 0 radical (unpaired) electrons. The summed E-state index contributed by atoms with van der Waals surface area (Å²) in [4.78, 5) is 0. The molecule has 0 aromatic heterocycles. The second kappa shape index (κ2) is 8.65. The van der Waals surface area contributed by atoms with Gasteiger partial charge in [-0.2, -0.15) is 0 Å². The average molecular weight is 431 g/mol. The zero-order valence-corrected chi connectivity index (χ0v) is 19.5. The maximum absolute atomic E-state index is 2.46. The zero-order chi connectivity index (χ0) is 22.0. The minimum absolute atomic E-state index is 1.27. The summed E-state index contributed by atoms with van der Waals surface area (Å²) in [6, 6.07) is 43.7. The Morgan fingerprint density at radius 2 is 0.906 bits per heavy atom. The minimum Gasteiger partial charge on any atom is -0.0745 e. The third-order valence-corrected chi connectivity index (χ3v) is 9.41. The lowest BCUT2D eigenvalue weighted by molar-refractivity contribution is 1.61. The third kappa shape index (κ3) is 3.72. The first-order chi connectivity index (χ1) is 15.7. The molecule has 32 heavy (non-hydrogen) atoms. The molecule has 0 amide bonds. The molecule has 0 fully saturated rings. The number of allylic oxidation sites excluding steroid dienone is 4. The van der Waals surface area contributed by atoms with Gasteiger partial charge in [0, 0.05) is 0 Å². The molecule has 0 heterocycles. The molecule has 0 atom stereocenters. The van der Waals surface area contributed by atoms with Crippen LogP contribution in [-0.2, 0) is 0 Å². The van der Waals surface area contributed by atoms with E-state index in [0.717, 1.165) is 0 Å². The van der Waals surface area contributed by atoms with Gasteiger partial charge in [0.2, 0.25) is 0 Å². The van der Waals surface area contributed by atoms with Gasteiger partial charge in [-0.25, -0.2) is 0 Å². The summed E-state index contributed by atoms with van der Waals surface area (Å²) in [7, 11) is 0. The summed E-state index contributed by atoms with van der Waals surface area (Å²) in [5, 5.41) is 2.92. The largest absolute Gasteiger partial charge is 0.0745 e. The van der Waals surface area contributed by atoms with E-state index in [9.17, 15) is 0 Å². The molecule has 4 aromatic carbocycles. The number of hydrogen-bond donors (Lipinski definition) is 0. The Hall–Kier alpha value is -3.34. The first kappa shape index (κ1) is 20.6. The van der Waals surface area contributed by atoms with Crippen LogP contribution in [0.2, 0.25) is 0 Å². The summed E-state index contributed by atoms with van der Waals surface area (Å²) in [5.74, 6) is 0. The van der Waals surface area contributed by atoms with Gasteiger partial charge in [-0.15, -0.1) is 0 Å². The number of benzene rings is 4. The van der Waals surface area contributed by atoms with Crippen LogP contribution in [0.4, 0.5) is 0 Å². The van der Waals surface area contributed by atoms with Crippen molar-refractivity contribution in [2.45, 2.75) is 0 Å². The molecule has 0 saturated heterocycles. The fourth-order valence-electron chi connectivity index (χ4n) is 4.64. The highest BCUT2D eigenvalue weighted by Crippen LogP contribution is 2.52. The average Bonchev–Trinajstić information content (AvgIpc) is 3.28. The highest BCUT2D eigenvalue weighted by Gasteiger charge is 2.30. The molecule has 0 N–H and O–H groups in total. The predicted molar refractivity (Wildman–Crippen MR) is 144 cm³/mol. The standard InChI is InChI=1S/C31H27P/c1-32(2,27-21-13-6-14-22-27)31-29(25-17-9-4-10-18-25)23-28(24-15-7-3-8-16-24)30(31)26-19-11-5-12-20-26/h3-23H,1-2H3. The van der Waals surface area contributed by atoms with E-state index >= 15 is 0 Å². The number of hydrogen-bond acceptors (Lipinski definition) is 0. The molecule has 5 rings (SSSR count). The van der Waals surface area contributed by atoms with Crippen LogP contribution in [0.15, 0.2) is 127 Å². The van der Waals surface area contributed by atoms with E-state index < -0.39 is 6.89 Å². The fourth-order valence-corrected chi connectivity index (χ4v) is 7.42. The molecule has 0 unspecified atom stereocenters. The molecule has 156 valence electrons. The van der Waals surface area contributed by atoms with Crippen LogP contribution < -0.4 is 5.30 Å². The second-order valence-electron chi connectivity index (χ2n) is 8.58. The first-order valence-electron chi connectivity index (χ1n) is 11.1. The molecule has 1 aliphatic rings. The van der Waals surface area contributed by atoms with Crippen LogP contribution in [0.25, 0.3) is 16.7 Å². The molecule has 0 aliphatic heterocycles. The van der Waals surface area contributed by atoms with Crippen LogP contribution in [0, 0.1) is 0 Å². The number of rotatable bonds is 4. The topological polar surface area (TPSA) is 0 Å². The molecule has 4 aromatic rings. The van der Waals surface area contributed by atoms with Crippen LogP contribution in [0.3, 0.4) is 0 Å². The van der Waals surface area contributed by atoms with Crippen molar-refractivity contribution in [3.05, 3.63) is 144 Å². The van der Waals surface area contributed by atoms with Crippen molar-refractivity contribution in [1.29, 1.82) is 0 Å². The summed E-state index contributed by atoms with van der Waals surface area (Å²) < 4.78 is 0. The van der Waals surface area contributed by atoms with E-state index in [2.05, 4.69) is 141 Å². The lowest BCUT2D eigenvalue weighted by Crippen LogP contribution is -2.13. The van der Waals surface area contributed by atoms with Crippen LogP contribution in [-0.4, -0.2) is 18.6 Å². The van der Waals surface area contributed by atoms with Crippen LogP contribution in [0.5, 0.6) is 0 Å². The van der Waals surface area contributed by atoms with E-state index in [1.807, 2.05) is 0 Å². The molecule has 1 heteroatoms. The molecule has 0 saturated carbocycles. The fraction of sp³-hybridized carbons (Fsp3) is 0.0645. The highest BCUT2D eigenvalue weighted by molar-refractivity contribution is 7.83. The first-order valence-corrected chi connectivity index (χ1v) is 13.7. The lowest BCUT2D eigenvalue weighted by atomic mass is 9.95. The van der Waals surface area contributed by atoms with E-state index in [4.69, 9.17) is 0 Å². The summed E-state index contributed by atoms with van der Waals surface area (Å²) >= 11 is 0. The van der Waals surface area contributed by atoms with Crippen molar-refractivity contribution in [3.63, 3.8) is 0 Å². The Balaban J connectivity index is 1.90. The van der Waals surface area contributed by atoms with Crippen molar-refractivity contribution in [1.82, 2.24) is 0 Å². The SMILES string of the molecule is CP(C)(=C1C(c2ccccc2)=CC(c2ccccc2)=C1c1ccccc1)c1ccccc1. The molecular weight excluding hydrogens is 403 g/mol. The minimum atomic E-state index is -1.65. The van der Waals surface area contributed by atoms with E-state index in [1.165, 1.54) is 44.0 Å².